The minimum atomic E-state index is -0.916. The summed E-state index contributed by atoms with van der Waals surface area (Å²) in [6.45, 7) is 0.127. The van der Waals surface area contributed by atoms with Gasteiger partial charge in [-0.05, 0) is 18.2 Å². The molecule has 0 aromatic heterocycles. The minimum absolute atomic E-state index is 0.0510. The van der Waals surface area contributed by atoms with E-state index in [2.05, 4.69) is 4.74 Å². The van der Waals surface area contributed by atoms with Crippen LogP contribution in [0.4, 0.5) is 4.79 Å². The summed E-state index contributed by atoms with van der Waals surface area (Å²) in [6.07, 6.45) is -0.149. The summed E-state index contributed by atoms with van der Waals surface area (Å²) < 4.78 is 9.75. The average Bonchev–Trinajstić information content (AvgIpc) is 2.46. The number of benzene rings is 1. The van der Waals surface area contributed by atoms with Crippen LogP contribution in [0.5, 0.6) is 5.75 Å². The van der Waals surface area contributed by atoms with Crippen LogP contribution < -0.4 is 4.74 Å². The van der Waals surface area contributed by atoms with E-state index >= 15 is 0 Å². The fourth-order valence-corrected chi connectivity index (χ4v) is 1.89. The smallest absolute Gasteiger partial charge is 0.415 e. The van der Waals surface area contributed by atoms with Crippen LogP contribution in [0.2, 0.25) is 0 Å². The van der Waals surface area contributed by atoms with E-state index < -0.39 is 18.2 Å². The van der Waals surface area contributed by atoms with Crippen molar-refractivity contribution >= 4 is 12.1 Å². The highest BCUT2D eigenvalue weighted by atomic mass is 16.6. The van der Waals surface area contributed by atoms with Crippen LogP contribution in [0.15, 0.2) is 42.0 Å². The monoisotopic (exact) mass is 277 g/mol. The molecule has 20 heavy (non-hydrogen) atoms. The summed E-state index contributed by atoms with van der Waals surface area (Å²) in [4.78, 5) is 24.7. The Hall–Kier alpha value is -2.34. The Labute approximate surface area is 116 Å². The SMILES string of the molecule is COC(=O)C1=C[C@H](O)CN(C(=O)Oc2ccccc2)C1. The van der Waals surface area contributed by atoms with Crippen molar-refractivity contribution in [3.63, 3.8) is 0 Å². The third-order valence-electron chi connectivity index (χ3n) is 2.82. The molecular weight excluding hydrogens is 262 g/mol. The molecule has 106 valence electrons. The number of para-hydroxylation sites is 1. The van der Waals surface area contributed by atoms with Gasteiger partial charge >= 0.3 is 12.1 Å². The van der Waals surface area contributed by atoms with Gasteiger partial charge in [0.2, 0.25) is 0 Å². The van der Waals surface area contributed by atoms with E-state index in [1.54, 1.807) is 30.3 Å². The Balaban J connectivity index is 2.04. The molecule has 6 nitrogen and oxygen atoms in total. The molecule has 1 aliphatic rings. The zero-order valence-corrected chi connectivity index (χ0v) is 11.0. The quantitative estimate of drug-likeness (QED) is 0.815. The maximum Gasteiger partial charge on any atom is 0.415 e. The van der Waals surface area contributed by atoms with Gasteiger partial charge in [0.25, 0.3) is 0 Å². The maximum atomic E-state index is 12.0. The summed E-state index contributed by atoms with van der Waals surface area (Å²) in [6, 6.07) is 8.59. The highest BCUT2D eigenvalue weighted by molar-refractivity contribution is 5.90. The topological polar surface area (TPSA) is 76.1 Å². The zero-order chi connectivity index (χ0) is 14.5. The van der Waals surface area contributed by atoms with E-state index in [1.807, 2.05) is 0 Å². The van der Waals surface area contributed by atoms with E-state index in [4.69, 9.17) is 4.74 Å². The van der Waals surface area contributed by atoms with Crippen molar-refractivity contribution < 1.29 is 24.2 Å². The lowest BCUT2D eigenvalue weighted by Crippen LogP contribution is -2.44. The number of carbonyl (C=O) groups excluding carboxylic acids is 2. The third kappa shape index (κ3) is 3.36. The maximum absolute atomic E-state index is 12.0. The molecule has 0 radical (unpaired) electrons. The highest BCUT2D eigenvalue weighted by Crippen LogP contribution is 2.15. The summed E-state index contributed by atoms with van der Waals surface area (Å²) in [7, 11) is 1.25. The van der Waals surface area contributed by atoms with Gasteiger partial charge in [-0.3, -0.25) is 0 Å². The first kappa shape index (κ1) is 14.1. The molecule has 2 rings (SSSR count). The molecule has 1 aromatic rings. The van der Waals surface area contributed by atoms with Crippen LogP contribution in [0.25, 0.3) is 0 Å². The van der Waals surface area contributed by atoms with Crippen molar-refractivity contribution in [3.05, 3.63) is 42.0 Å². The van der Waals surface area contributed by atoms with Gasteiger partial charge in [-0.25, -0.2) is 9.59 Å². The van der Waals surface area contributed by atoms with E-state index in [9.17, 15) is 14.7 Å². The first-order chi connectivity index (χ1) is 9.60. The minimum Gasteiger partial charge on any atom is -0.466 e. The van der Waals surface area contributed by atoms with Gasteiger partial charge in [-0.15, -0.1) is 0 Å². The van der Waals surface area contributed by atoms with Crippen molar-refractivity contribution in [3.8, 4) is 5.75 Å². The van der Waals surface area contributed by atoms with E-state index in [0.29, 0.717) is 5.75 Å². The molecule has 1 amide bonds. The Morgan fingerprint density at radius 3 is 2.65 bits per heavy atom. The highest BCUT2D eigenvalue weighted by Gasteiger charge is 2.27. The largest absolute Gasteiger partial charge is 0.466 e. The number of hydrogen-bond donors (Lipinski definition) is 1. The predicted molar refractivity (Wildman–Crippen MR) is 70.1 cm³/mol. The standard InChI is InChI=1S/C14H15NO5/c1-19-13(17)10-7-11(16)9-15(8-10)14(18)20-12-5-3-2-4-6-12/h2-7,11,16H,8-9H2,1H3/t11-/m0/s1. The number of ether oxygens (including phenoxy) is 2. The first-order valence-corrected chi connectivity index (χ1v) is 6.09. The van der Waals surface area contributed by atoms with Crippen LogP contribution in [-0.4, -0.2) is 48.4 Å². The van der Waals surface area contributed by atoms with Gasteiger partial charge in [0, 0.05) is 0 Å². The molecule has 0 spiro atoms. The summed E-state index contributed by atoms with van der Waals surface area (Å²) in [5.41, 5.74) is 0.233. The number of carbonyl (C=O) groups is 2. The van der Waals surface area contributed by atoms with E-state index in [0.717, 1.165) is 0 Å². The van der Waals surface area contributed by atoms with Crippen LogP contribution in [0, 0.1) is 0 Å². The van der Waals surface area contributed by atoms with Crippen molar-refractivity contribution in [1.82, 2.24) is 4.90 Å². The molecule has 1 heterocycles. The lowest BCUT2D eigenvalue weighted by atomic mass is 10.1. The number of amides is 1. The number of nitrogens with zero attached hydrogens (tertiary/aromatic N) is 1. The van der Waals surface area contributed by atoms with Crippen molar-refractivity contribution in [2.45, 2.75) is 6.10 Å². The molecule has 1 aromatic carbocycles. The Morgan fingerprint density at radius 1 is 1.30 bits per heavy atom. The van der Waals surface area contributed by atoms with Gasteiger partial charge in [0.1, 0.15) is 5.75 Å². The number of β-amino-alcohol motifs (C(OH)–C–C–N with tert-alkyl or cyclic N) is 1. The molecule has 1 aliphatic heterocycles. The second kappa shape index (κ2) is 6.21. The van der Waals surface area contributed by atoms with Gasteiger partial charge in [0.05, 0.1) is 31.9 Å². The second-order valence-electron chi connectivity index (χ2n) is 4.31. The van der Waals surface area contributed by atoms with Gasteiger partial charge < -0.3 is 19.5 Å². The first-order valence-electron chi connectivity index (χ1n) is 6.09. The number of aliphatic hydroxyl groups is 1. The van der Waals surface area contributed by atoms with Crippen molar-refractivity contribution in [1.29, 1.82) is 0 Å². The molecule has 0 saturated heterocycles. The fourth-order valence-electron chi connectivity index (χ4n) is 1.89. The molecule has 0 aliphatic carbocycles. The molecule has 0 unspecified atom stereocenters. The normalized spacial score (nSPS) is 18.2. The molecular formula is C14H15NO5. The number of methoxy groups -OCH3 is 1. The second-order valence-corrected chi connectivity index (χ2v) is 4.31. The Kier molecular flexibility index (Phi) is 4.37. The van der Waals surface area contributed by atoms with Crippen LogP contribution in [-0.2, 0) is 9.53 Å². The van der Waals surface area contributed by atoms with Gasteiger partial charge in [0.15, 0.2) is 0 Å². The van der Waals surface area contributed by atoms with Crippen LogP contribution in [0.3, 0.4) is 0 Å². The van der Waals surface area contributed by atoms with E-state index in [1.165, 1.54) is 18.1 Å². The number of esters is 1. The Bertz CT molecular complexity index is 526. The molecule has 0 saturated carbocycles. The van der Waals surface area contributed by atoms with E-state index in [-0.39, 0.29) is 18.7 Å². The van der Waals surface area contributed by atoms with Crippen molar-refractivity contribution in [2.75, 3.05) is 20.2 Å². The van der Waals surface area contributed by atoms with Crippen molar-refractivity contribution in [2.24, 2.45) is 0 Å². The zero-order valence-electron chi connectivity index (χ0n) is 11.0. The molecule has 1 atom stereocenters. The molecule has 6 heteroatoms. The van der Waals surface area contributed by atoms with Gasteiger partial charge in [-0.1, -0.05) is 18.2 Å². The molecule has 0 fully saturated rings. The third-order valence-corrected chi connectivity index (χ3v) is 2.82. The van der Waals surface area contributed by atoms with Crippen LogP contribution in [0.1, 0.15) is 0 Å². The lowest BCUT2D eigenvalue weighted by Gasteiger charge is -2.28. The number of aliphatic hydroxyl groups excluding tert-OH is 1. The number of hydrogen-bond acceptors (Lipinski definition) is 5. The fraction of sp³-hybridized carbons (Fsp3) is 0.286. The summed E-state index contributed by atoms with van der Waals surface area (Å²) >= 11 is 0. The lowest BCUT2D eigenvalue weighted by molar-refractivity contribution is -0.136. The summed E-state index contributed by atoms with van der Waals surface area (Å²) in [5, 5.41) is 9.68. The van der Waals surface area contributed by atoms with Crippen LogP contribution >= 0.6 is 0 Å². The Morgan fingerprint density at radius 2 is 2.00 bits per heavy atom. The van der Waals surface area contributed by atoms with Gasteiger partial charge in [-0.2, -0.15) is 0 Å². The summed E-state index contributed by atoms with van der Waals surface area (Å²) in [5.74, 6) is -0.164. The molecule has 0 bridgehead atoms. The average molecular weight is 277 g/mol. The molecule has 1 N–H and O–H groups in total. The predicted octanol–water partition coefficient (Wildman–Crippen LogP) is 0.961. The number of rotatable bonds is 2.